The summed E-state index contributed by atoms with van der Waals surface area (Å²) in [7, 11) is 0. The second-order valence-corrected chi connectivity index (χ2v) is 10.1. The third kappa shape index (κ3) is 7.55. The topological polar surface area (TPSA) is 39.2 Å². The maximum Gasteiger partial charge on any atom is 0.314 e. The zero-order valence-electron chi connectivity index (χ0n) is 18.8. The van der Waals surface area contributed by atoms with Crippen molar-refractivity contribution in [1.82, 2.24) is 4.98 Å². The number of carbonyl (C=O) groups is 1. The van der Waals surface area contributed by atoms with Gasteiger partial charge in [0.25, 0.3) is 0 Å². The molecular weight excluding hydrogens is 394 g/mol. The number of pyridine rings is 1. The first-order chi connectivity index (χ1) is 14.7. The number of nitrogens with zero attached hydrogens (tertiary/aromatic N) is 1. The van der Waals surface area contributed by atoms with Crippen molar-refractivity contribution in [2.24, 2.45) is 23.7 Å². The van der Waals surface area contributed by atoms with Crippen LogP contribution in [0.2, 0.25) is 5.15 Å². The van der Waals surface area contributed by atoms with Gasteiger partial charge in [0.2, 0.25) is 0 Å². The van der Waals surface area contributed by atoms with Crippen LogP contribution in [0.4, 0.5) is 0 Å². The number of hydrogen-bond donors (Lipinski definition) is 0. The van der Waals surface area contributed by atoms with E-state index in [4.69, 9.17) is 16.3 Å². The van der Waals surface area contributed by atoms with Gasteiger partial charge in [0.1, 0.15) is 10.9 Å². The van der Waals surface area contributed by atoms with Crippen LogP contribution in [0.1, 0.15) is 103 Å². The summed E-state index contributed by atoms with van der Waals surface area (Å²) in [4.78, 5) is 16.5. The number of aromatic nitrogens is 1. The van der Waals surface area contributed by atoms with E-state index >= 15 is 0 Å². The summed E-state index contributed by atoms with van der Waals surface area (Å²) < 4.78 is 5.51. The number of halogens is 1. The second-order valence-electron chi connectivity index (χ2n) is 9.69. The number of esters is 1. The van der Waals surface area contributed by atoms with Gasteiger partial charge in [-0.05, 0) is 68.4 Å². The van der Waals surface area contributed by atoms with Gasteiger partial charge in [0.05, 0.1) is 12.1 Å². The summed E-state index contributed by atoms with van der Waals surface area (Å²) in [5, 5.41) is 0.414. The van der Waals surface area contributed by atoms with Crippen molar-refractivity contribution in [3.63, 3.8) is 0 Å². The van der Waals surface area contributed by atoms with E-state index in [9.17, 15) is 4.79 Å². The Morgan fingerprint density at radius 3 is 2.20 bits per heavy atom. The predicted octanol–water partition coefficient (Wildman–Crippen LogP) is 8.00. The highest BCUT2D eigenvalue weighted by Crippen LogP contribution is 2.42. The van der Waals surface area contributed by atoms with E-state index in [1.165, 1.54) is 89.7 Å². The molecule has 0 bridgehead atoms. The van der Waals surface area contributed by atoms with Crippen LogP contribution >= 0.6 is 11.6 Å². The molecule has 0 aromatic carbocycles. The van der Waals surface area contributed by atoms with E-state index in [-0.39, 0.29) is 11.9 Å². The lowest BCUT2D eigenvalue weighted by Gasteiger charge is -2.37. The molecule has 0 atom stereocenters. The lowest BCUT2D eigenvalue weighted by Crippen LogP contribution is -2.30. The van der Waals surface area contributed by atoms with E-state index in [1.807, 2.05) is 0 Å². The third-order valence-electron chi connectivity index (χ3n) is 7.55. The van der Waals surface area contributed by atoms with E-state index in [1.54, 1.807) is 12.1 Å². The average molecular weight is 434 g/mol. The molecule has 2 saturated carbocycles. The highest BCUT2D eigenvalue weighted by Gasteiger charge is 2.33. The van der Waals surface area contributed by atoms with Crippen LogP contribution in [0.25, 0.3) is 0 Å². The first-order valence-electron chi connectivity index (χ1n) is 12.5. The van der Waals surface area contributed by atoms with Gasteiger partial charge >= 0.3 is 5.97 Å². The summed E-state index contributed by atoms with van der Waals surface area (Å²) >= 11 is 5.79. The normalized spacial score (nSPS) is 27.0. The Hall–Kier alpha value is -1.09. The first-order valence-corrected chi connectivity index (χ1v) is 12.9. The zero-order chi connectivity index (χ0) is 21.2. The van der Waals surface area contributed by atoms with Crippen LogP contribution in [0, 0.1) is 23.7 Å². The molecule has 0 aliphatic heterocycles. The molecule has 1 aromatic heterocycles. The standard InChI is InChI=1S/C26H40ClNO2/c1-2-3-4-5-6-7-8-20-9-11-21(12-10-20)22-13-15-23(16-14-22)26(29)30-24-17-18-25(27)28-19-24/h17-23H,2-16H2,1H3. The van der Waals surface area contributed by atoms with E-state index < -0.39 is 0 Å². The lowest BCUT2D eigenvalue weighted by molar-refractivity contribution is -0.140. The van der Waals surface area contributed by atoms with Crippen LogP contribution in [0.15, 0.2) is 18.3 Å². The summed E-state index contributed by atoms with van der Waals surface area (Å²) in [6.07, 6.45) is 21.5. The largest absolute Gasteiger partial charge is 0.425 e. The van der Waals surface area contributed by atoms with E-state index in [2.05, 4.69) is 11.9 Å². The maximum absolute atomic E-state index is 12.5. The lowest BCUT2D eigenvalue weighted by atomic mass is 9.68. The molecule has 3 nitrogen and oxygen atoms in total. The number of rotatable bonds is 10. The van der Waals surface area contributed by atoms with Gasteiger partial charge in [-0.25, -0.2) is 4.98 Å². The Bertz CT molecular complexity index is 616. The molecule has 30 heavy (non-hydrogen) atoms. The minimum Gasteiger partial charge on any atom is -0.425 e. The molecule has 0 N–H and O–H groups in total. The molecular formula is C26H40ClNO2. The number of ether oxygens (including phenoxy) is 1. The van der Waals surface area contributed by atoms with Gasteiger partial charge in [-0.15, -0.1) is 0 Å². The van der Waals surface area contributed by atoms with Crippen LogP contribution in [0.5, 0.6) is 5.75 Å². The minimum absolute atomic E-state index is 0.0426. The van der Waals surface area contributed by atoms with E-state index in [0.717, 1.165) is 30.6 Å². The highest BCUT2D eigenvalue weighted by molar-refractivity contribution is 6.29. The van der Waals surface area contributed by atoms with Crippen molar-refractivity contribution in [2.45, 2.75) is 103 Å². The number of unbranched alkanes of at least 4 members (excludes halogenated alkanes) is 5. The van der Waals surface area contributed by atoms with Crippen molar-refractivity contribution in [3.8, 4) is 5.75 Å². The number of carbonyl (C=O) groups excluding carboxylic acids is 1. The van der Waals surface area contributed by atoms with Crippen molar-refractivity contribution >= 4 is 17.6 Å². The first kappa shape index (κ1) is 23.6. The van der Waals surface area contributed by atoms with Gasteiger partial charge in [-0.3, -0.25) is 4.79 Å². The van der Waals surface area contributed by atoms with Gasteiger partial charge in [-0.1, -0.05) is 76.3 Å². The molecule has 2 aliphatic carbocycles. The summed E-state index contributed by atoms with van der Waals surface area (Å²) in [5.41, 5.74) is 0. The van der Waals surface area contributed by atoms with Gasteiger partial charge < -0.3 is 4.74 Å². The molecule has 1 heterocycles. The maximum atomic E-state index is 12.5. The Balaban J connectivity index is 1.30. The van der Waals surface area contributed by atoms with Gasteiger partial charge in [-0.2, -0.15) is 0 Å². The van der Waals surface area contributed by atoms with Crippen molar-refractivity contribution in [2.75, 3.05) is 0 Å². The smallest absolute Gasteiger partial charge is 0.314 e. The van der Waals surface area contributed by atoms with Crippen LogP contribution in [0.3, 0.4) is 0 Å². The third-order valence-corrected chi connectivity index (χ3v) is 7.77. The fraction of sp³-hybridized carbons (Fsp3) is 0.769. The van der Waals surface area contributed by atoms with Gasteiger partial charge in [0.15, 0.2) is 0 Å². The Labute approximate surface area is 188 Å². The molecule has 0 spiro atoms. The van der Waals surface area contributed by atoms with Gasteiger partial charge in [0, 0.05) is 0 Å². The Morgan fingerprint density at radius 2 is 1.57 bits per heavy atom. The van der Waals surface area contributed by atoms with E-state index in [0.29, 0.717) is 10.9 Å². The molecule has 3 rings (SSSR count). The van der Waals surface area contributed by atoms with Crippen molar-refractivity contribution < 1.29 is 9.53 Å². The second kappa shape index (κ2) is 12.7. The minimum atomic E-state index is -0.0970. The number of hydrogen-bond acceptors (Lipinski definition) is 3. The molecule has 0 amide bonds. The molecule has 168 valence electrons. The van der Waals surface area contributed by atoms with Crippen LogP contribution in [-0.2, 0) is 4.79 Å². The quantitative estimate of drug-likeness (QED) is 0.213. The van der Waals surface area contributed by atoms with Crippen LogP contribution in [-0.4, -0.2) is 11.0 Å². The SMILES string of the molecule is CCCCCCCCC1CCC(C2CCC(C(=O)Oc3ccc(Cl)nc3)CC2)CC1. The summed E-state index contributed by atoms with van der Waals surface area (Å²) in [6.45, 7) is 2.29. The monoisotopic (exact) mass is 433 g/mol. The van der Waals surface area contributed by atoms with Crippen molar-refractivity contribution in [3.05, 3.63) is 23.5 Å². The molecule has 0 unspecified atom stereocenters. The summed E-state index contributed by atoms with van der Waals surface area (Å²) in [5.74, 6) is 3.13. The average Bonchev–Trinajstić information content (AvgIpc) is 2.78. The highest BCUT2D eigenvalue weighted by atomic mass is 35.5. The zero-order valence-corrected chi connectivity index (χ0v) is 19.5. The Morgan fingerprint density at radius 1 is 0.933 bits per heavy atom. The summed E-state index contributed by atoms with van der Waals surface area (Å²) in [6, 6.07) is 3.37. The molecule has 0 radical (unpaired) electrons. The van der Waals surface area contributed by atoms with Crippen LogP contribution < -0.4 is 4.74 Å². The predicted molar refractivity (Wildman–Crippen MR) is 124 cm³/mol. The molecule has 0 saturated heterocycles. The van der Waals surface area contributed by atoms with Crippen molar-refractivity contribution in [1.29, 1.82) is 0 Å². The fourth-order valence-corrected chi connectivity index (χ4v) is 5.72. The molecule has 2 fully saturated rings. The molecule has 4 heteroatoms. The molecule has 1 aromatic rings. The fourth-order valence-electron chi connectivity index (χ4n) is 5.61. The Kier molecular flexibility index (Phi) is 9.97. The molecule has 2 aliphatic rings.